The van der Waals surface area contributed by atoms with Gasteiger partial charge >= 0.3 is 0 Å². The standard InChI is InChI=1S/C7H4Cl2N4S/c8-4-1-5(9)3-6(2-4)10-7-11-12-13-14-7/h1-3H,(H,10,11,13). The van der Waals surface area contributed by atoms with E-state index < -0.39 is 0 Å². The Balaban J connectivity index is 2.25. The highest BCUT2D eigenvalue weighted by Gasteiger charge is 2.01. The first-order chi connectivity index (χ1) is 6.74. The molecular weight excluding hydrogens is 243 g/mol. The van der Waals surface area contributed by atoms with E-state index in [2.05, 4.69) is 20.1 Å². The largest absolute Gasteiger partial charge is 0.329 e. The van der Waals surface area contributed by atoms with Gasteiger partial charge in [-0.1, -0.05) is 32.8 Å². The van der Waals surface area contributed by atoms with E-state index in [1.807, 2.05) is 0 Å². The molecular formula is C7H4Cl2N4S. The summed E-state index contributed by atoms with van der Waals surface area (Å²) >= 11 is 12.8. The molecule has 0 amide bonds. The van der Waals surface area contributed by atoms with Gasteiger partial charge in [0.15, 0.2) is 0 Å². The molecule has 1 aromatic heterocycles. The molecule has 0 bridgehead atoms. The van der Waals surface area contributed by atoms with Gasteiger partial charge in [-0.25, -0.2) is 0 Å². The summed E-state index contributed by atoms with van der Waals surface area (Å²) in [4.78, 5) is 0. The molecule has 0 spiro atoms. The summed E-state index contributed by atoms with van der Waals surface area (Å²) in [5.74, 6) is 0. The predicted molar refractivity (Wildman–Crippen MR) is 57.4 cm³/mol. The minimum absolute atomic E-state index is 0.567. The van der Waals surface area contributed by atoms with Crippen LogP contribution in [-0.2, 0) is 0 Å². The molecule has 1 N–H and O–H groups in total. The summed E-state index contributed by atoms with van der Waals surface area (Å²) in [5.41, 5.74) is 0.765. The van der Waals surface area contributed by atoms with Crippen LogP contribution in [0.15, 0.2) is 18.2 Å². The van der Waals surface area contributed by atoms with Gasteiger partial charge in [0.25, 0.3) is 0 Å². The molecule has 2 rings (SSSR count). The minimum atomic E-state index is 0.567. The van der Waals surface area contributed by atoms with E-state index in [0.29, 0.717) is 15.2 Å². The lowest BCUT2D eigenvalue weighted by atomic mass is 10.3. The van der Waals surface area contributed by atoms with E-state index >= 15 is 0 Å². The van der Waals surface area contributed by atoms with Crippen LogP contribution in [0.4, 0.5) is 10.8 Å². The Labute approximate surface area is 94.0 Å². The summed E-state index contributed by atoms with van der Waals surface area (Å²) in [7, 11) is 0. The van der Waals surface area contributed by atoms with Crippen LogP contribution in [0.5, 0.6) is 0 Å². The van der Waals surface area contributed by atoms with Crippen LogP contribution in [0.25, 0.3) is 0 Å². The molecule has 14 heavy (non-hydrogen) atoms. The Hall–Kier alpha value is -0.910. The molecule has 1 heterocycles. The number of hydrogen-bond donors (Lipinski definition) is 1. The molecule has 2 aromatic rings. The molecule has 0 aliphatic carbocycles. The summed E-state index contributed by atoms with van der Waals surface area (Å²) in [6.45, 7) is 0. The molecule has 7 heteroatoms. The van der Waals surface area contributed by atoms with E-state index in [1.54, 1.807) is 18.2 Å². The lowest BCUT2D eigenvalue weighted by molar-refractivity contribution is 0.961. The number of nitrogens with one attached hydrogen (secondary N) is 1. The number of rotatable bonds is 2. The summed E-state index contributed by atoms with van der Waals surface area (Å²) < 4.78 is 3.62. The van der Waals surface area contributed by atoms with Crippen molar-refractivity contribution in [2.24, 2.45) is 0 Å². The normalized spacial score (nSPS) is 10.1. The highest BCUT2D eigenvalue weighted by atomic mass is 35.5. The lowest BCUT2D eigenvalue weighted by Gasteiger charge is -2.02. The zero-order chi connectivity index (χ0) is 9.97. The van der Waals surface area contributed by atoms with Gasteiger partial charge < -0.3 is 5.32 Å². The maximum atomic E-state index is 5.82. The van der Waals surface area contributed by atoms with Crippen molar-refractivity contribution in [3.8, 4) is 0 Å². The van der Waals surface area contributed by atoms with Gasteiger partial charge in [-0.15, -0.1) is 0 Å². The number of aromatic nitrogens is 3. The molecule has 1 aromatic carbocycles. The molecule has 0 aliphatic heterocycles. The first-order valence-corrected chi connectivity index (χ1v) is 5.15. The van der Waals surface area contributed by atoms with Crippen molar-refractivity contribution < 1.29 is 0 Å². The third-order valence-corrected chi connectivity index (χ3v) is 2.36. The molecule has 0 radical (unpaired) electrons. The van der Waals surface area contributed by atoms with Crippen molar-refractivity contribution in [3.05, 3.63) is 28.2 Å². The van der Waals surface area contributed by atoms with Crippen LogP contribution in [0.1, 0.15) is 0 Å². The van der Waals surface area contributed by atoms with E-state index in [9.17, 15) is 0 Å². The zero-order valence-corrected chi connectivity index (χ0v) is 9.07. The predicted octanol–water partition coefficient (Wildman–Crippen LogP) is 2.98. The second-order valence-electron chi connectivity index (χ2n) is 2.45. The maximum Gasteiger partial charge on any atom is 0.229 e. The first kappa shape index (κ1) is 9.64. The molecule has 72 valence electrons. The van der Waals surface area contributed by atoms with Gasteiger partial charge in [0.1, 0.15) is 0 Å². The Kier molecular flexibility index (Phi) is 2.81. The average Bonchev–Trinajstić information content (AvgIpc) is 2.54. The van der Waals surface area contributed by atoms with Gasteiger partial charge in [-0.2, -0.15) is 0 Å². The van der Waals surface area contributed by atoms with Crippen molar-refractivity contribution in [2.45, 2.75) is 0 Å². The van der Waals surface area contributed by atoms with Crippen molar-refractivity contribution in [1.29, 1.82) is 0 Å². The van der Waals surface area contributed by atoms with Crippen molar-refractivity contribution >= 4 is 45.6 Å². The number of benzene rings is 1. The van der Waals surface area contributed by atoms with Gasteiger partial charge in [0.05, 0.1) is 0 Å². The van der Waals surface area contributed by atoms with Crippen LogP contribution in [0, 0.1) is 0 Å². The molecule has 0 saturated carbocycles. The number of halogens is 2. The number of nitrogens with zero attached hydrogens (tertiary/aromatic N) is 3. The second-order valence-corrected chi connectivity index (χ2v) is 4.06. The molecule has 0 unspecified atom stereocenters. The maximum absolute atomic E-state index is 5.82. The lowest BCUT2D eigenvalue weighted by Crippen LogP contribution is -1.89. The van der Waals surface area contributed by atoms with Gasteiger partial charge in [-0.05, 0) is 23.4 Å². The smallest absolute Gasteiger partial charge is 0.229 e. The zero-order valence-electron chi connectivity index (χ0n) is 6.74. The van der Waals surface area contributed by atoms with Gasteiger partial charge in [0.2, 0.25) is 5.13 Å². The highest BCUT2D eigenvalue weighted by Crippen LogP contribution is 2.24. The average molecular weight is 247 g/mol. The van der Waals surface area contributed by atoms with Crippen LogP contribution < -0.4 is 5.32 Å². The van der Waals surface area contributed by atoms with Crippen molar-refractivity contribution in [1.82, 2.24) is 14.8 Å². The molecule has 0 atom stereocenters. The fourth-order valence-electron chi connectivity index (χ4n) is 0.931. The van der Waals surface area contributed by atoms with Gasteiger partial charge in [0, 0.05) is 27.3 Å². The van der Waals surface area contributed by atoms with E-state index in [0.717, 1.165) is 17.2 Å². The number of anilines is 2. The summed E-state index contributed by atoms with van der Waals surface area (Å²) in [6.07, 6.45) is 0. The summed E-state index contributed by atoms with van der Waals surface area (Å²) in [6, 6.07) is 5.15. The Morgan fingerprint density at radius 1 is 1.14 bits per heavy atom. The fraction of sp³-hybridized carbons (Fsp3) is 0. The quantitative estimate of drug-likeness (QED) is 0.886. The van der Waals surface area contributed by atoms with Crippen LogP contribution in [0.2, 0.25) is 10.0 Å². The molecule has 4 nitrogen and oxygen atoms in total. The van der Waals surface area contributed by atoms with E-state index in [4.69, 9.17) is 23.2 Å². The van der Waals surface area contributed by atoms with Crippen molar-refractivity contribution in [2.75, 3.05) is 5.32 Å². The molecule has 0 aliphatic rings. The fourth-order valence-corrected chi connectivity index (χ4v) is 1.84. The van der Waals surface area contributed by atoms with Crippen LogP contribution >= 0.6 is 34.7 Å². The first-order valence-electron chi connectivity index (χ1n) is 3.62. The Morgan fingerprint density at radius 2 is 1.86 bits per heavy atom. The van der Waals surface area contributed by atoms with Gasteiger partial charge in [-0.3, -0.25) is 0 Å². The van der Waals surface area contributed by atoms with Crippen molar-refractivity contribution in [3.63, 3.8) is 0 Å². The van der Waals surface area contributed by atoms with Crippen LogP contribution in [-0.4, -0.2) is 14.8 Å². The third kappa shape index (κ3) is 2.31. The van der Waals surface area contributed by atoms with E-state index in [-0.39, 0.29) is 0 Å². The van der Waals surface area contributed by atoms with Crippen LogP contribution in [0.3, 0.4) is 0 Å². The second kappa shape index (κ2) is 4.08. The van der Waals surface area contributed by atoms with E-state index in [1.165, 1.54) is 0 Å². The third-order valence-electron chi connectivity index (χ3n) is 1.41. The summed E-state index contributed by atoms with van der Waals surface area (Å²) in [5, 5.41) is 11.9. The topological polar surface area (TPSA) is 50.7 Å². The Bertz CT molecular complexity index is 411. The number of hydrogen-bond acceptors (Lipinski definition) is 5. The minimum Gasteiger partial charge on any atom is -0.329 e. The molecule has 0 fully saturated rings. The molecule has 0 saturated heterocycles. The monoisotopic (exact) mass is 246 g/mol. The SMILES string of the molecule is Clc1cc(Cl)cc(Nc2nnns2)c1. The highest BCUT2D eigenvalue weighted by molar-refractivity contribution is 7.09. The Morgan fingerprint density at radius 3 is 2.43 bits per heavy atom.